The van der Waals surface area contributed by atoms with Crippen LogP contribution in [-0.2, 0) is 6.42 Å². The number of aromatic nitrogens is 1. The first-order valence-corrected chi connectivity index (χ1v) is 8.87. The van der Waals surface area contributed by atoms with Gasteiger partial charge in [-0.1, -0.05) is 31.2 Å². The van der Waals surface area contributed by atoms with Crippen LogP contribution in [0.15, 0.2) is 40.2 Å². The van der Waals surface area contributed by atoms with Gasteiger partial charge in [0.2, 0.25) is 0 Å². The zero-order valence-electron chi connectivity index (χ0n) is 13.4. The van der Waals surface area contributed by atoms with E-state index < -0.39 is 11.5 Å². The summed E-state index contributed by atoms with van der Waals surface area (Å²) in [6.07, 6.45) is 2.66. The number of thioether (sulfide) groups is 1. The fourth-order valence-electron chi connectivity index (χ4n) is 3.16. The molecule has 2 atom stereocenters. The lowest BCUT2D eigenvalue weighted by Gasteiger charge is -2.18. The molecule has 2 N–H and O–H groups in total. The van der Waals surface area contributed by atoms with Gasteiger partial charge in [-0.25, -0.2) is 0 Å². The van der Waals surface area contributed by atoms with Gasteiger partial charge in [0.25, 0.3) is 11.5 Å². The van der Waals surface area contributed by atoms with Crippen molar-refractivity contribution in [3.63, 3.8) is 0 Å². The van der Waals surface area contributed by atoms with Gasteiger partial charge >= 0.3 is 0 Å². The highest BCUT2D eigenvalue weighted by molar-refractivity contribution is 7.98. The zero-order chi connectivity index (χ0) is 17.3. The number of carbonyl (C=O) groups excluding carboxylic acids is 1. The number of benzene rings is 1. The summed E-state index contributed by atoms with van der Waals surface area (Å²) < 4.78 is 0. The third kappa shape index (κ3) is 2.83. The maximum atomic E-state index is 12.6. The Labute approximate surface area is 144 Å². The number of aromatic amines is 1. The Hall–Kier alpha value is -2.52. The van der Waals surface area contributed by atoms with Gasteiger partial charge in [-0.2, -0.15) is 5.26 Å². The summed E-state index contributed by atoms with van der Waals surface area (Å²) in [6, 6.07) is 11.3. The Bertz CT molecular complexity index is 898. The summed E-state index contributed by atoms with van der Waals surface area (Å²) >= 11 is 1.27. The van der Waals surface area contributed by atoms with Crippen LogP contribution in [-0.4, -0.2) is 17.1 Å². The molecule has 1 aromatic heterocycles. The van der Waals surface area contributed by atoms with Crippen molar-refractivity contribution < 1.29 is 4.79 Å². The minimum absolute atomic E-state index is 0.0269. The van der Waals surface area contributed by atoms with Crippen LogP contribution in [0.5, 0.6) is 0 Å². The van der Waals surface area contributed by atoms with Gasteiger partial charge in [0.1, 0.15) is 11.6 Å². The van der Waals surface area contributed by atoms with E-state index in [1.54, 1.807) is 6.26 Å². The van der Waals surface area contributed by atoms with Gasteiger partial charge in [-0.3, -0.25) is 9.59 Å². The first-order chi connectivity index (χ1) is 11.5. The van der Waals surface area contributed by atoms with Crippen LogP contribution >= 0.6 is 11.8 Å². The molecule has 5 nitrogen and oxygen atoms in total. The Kier molecular flexibility index (Phi) is 4.45. The minimum atomic E-state index is -0.477. The molecule has 2 aromatic rings. The molecule has 0 spiro atoms. The molecule has 1 aliphatic rings. The van der Waals surface area contributed by atoms with Crippen molar-refractivity contribution in [3.05, 3.63) is 62.9 Å². The molecule has 122 valence electrons. The number of nitrogens with zero attached hydrogens (tertiary/aromatic N) is 1. The molecule has 1 aromatic carbocycles. The molecule has 0 saturated heterocycles. The number of rotatable bonds is 3. The Morgan fingerprint density at radius 2 is 2.17 bits per heavy atom. The fourth-order valence-corrected chi connectivity index (χ4v) is 3.68. The third-order valence-electron chi connectivity index (χ3n) is 4.36. The summed E-state index contributed by atoms with van der Waals surface area (Å²) in [4.78, 5) is 27.4. The van der Waals surface area contributed by atoms with E-state index in [0.717, 1.165) is 12.0 Å². The molecule has 1 amide bonds. The number of carbonyl (C=O) groups is 1. The summed E-state index contributed by atoms with van der Waals surface area (Å²) in [7, 11) is 0. The van der Waals surface area contributed by atoms with Crippen molar-refractivity contribution in [2.75, 3.05) is 6.26 Å². The average Bonchev–Trinajstić information content (AvgIpc) is 2.90. The SMILES string of the molecule is CSc1[nH]c(=O)c(C(=O)N[C@H]2c3ccccc3C[C@@H]2C)cc1C#N. The second kappa shape index (κ2) is 6.54. The number of pyridine rings is 1. The van der Waals surface area contributed by atoms with Crippen LogP contribution in [0.25, 0.3) is 0 Å². The number of amides is 1. The molecule has 3 rings (SSSR count). The molecular weight excluding hydrogens is 322 g/mol. The highest BCUT2D eigenvalue weighted by Gasteiger charge is 2.31. The average molecular weight is 339 g/mol. The molecule has 0 bridgehead atoms. The predicted octanol–water partition coefficient (Wildman–Crippen LogP) is 2.63. The normalized spacial score (nSPS) is 18.7. The van der Waals surface area contributed by atoms with Gasteiger partial charge in [-0.15, -0.1) is 11.8 Å². The van der Waals surface area contributed by atoms with Crippen LogP contribution < -0.4 is 10.9 Å². The zero-order valence-corrected chi connectivity index (χ0v) is 14.2. The van der Waals surface area contributed by atoms with E-state index in [9.17, 15) is 14.9 Å². The van der Waals surface area contributed by atoms with Crippen molar-refractivity contribution >= 4 is 17.7 Å². The fraction of sp³-hybridized carbons (Fsp3) is 0.278. The molecular formula is C18H17N3O2S. The van der Waals surface area contributed by atoms with Gasteiger partial charge in [0, 0.05) is 0 Å². The largest absolute Gasteiger partial charge is 0.345 e. The summed E-state index contributed by atoms with van der Waals surface area (Å²) in [5, 5.41) is 12.6. The van der Waals surface area contributed by atoms with Crippen LogP contribution in [0.1, 0.15) is 40.0 Å². The lowest BCUT2D eigenvalue weighted by atomic mass is 10.0. The number of hydrogen-bond donors (Lipinski definition) is 2. The molecule has 0 saturated carbocycles. The van der Waals surface area contributed by atoms with Crippen molar-refractivity contribution in [3.8, 4) is 6.07 Å². The van der Waals surface area contributed by atoms with E-state index in [-0.39, 0.29) is 17.5 Å². The molecule has 1 heterocycles. The number of hydrogen-bond acceptors (Lipinski definition) is 4. The van der Waals surface area contributed by atoms with Gasteiger partial charge in [0.15, 0.2) is 0 Å². The van der Waals surface area contributed by atoms with E-state index in [2.05, 4.69) is 23.3 Å². The second-order valence-electron chi connectivity index (χ2n) is 5.90. The van der Waals surface area contributed by atoms with Crippen LogP contribution in [0, 0.1) is 17.2 Å². The number of nitriles is 1. The van der Waals surface area contributed by atoms with E-state index >= 15 is 0 Å². The van der Waals surface area contributed by atoms with Gasteiger partial charge < -0.3 is 10.3 Å². The van der Waals surface area contributed by atoms with Crippen LogP contribution in [0.3, 0.4) is 0 Å². The Morgan fingerprint density at radius 3 is 2.88 bits per heavy atom. The second-order valence-corrected chi connectivity index (χ2v) is 6.72. The van der Waals surface area contributed by atoms with Crippen molar-refractivity contribution in [1.29, 1.82) is 5.26 Å². The van der Waals surface area contributed by atoms with Gasteiger partial charge in [0.05, 0.1) is 16.6 Å². The predicted molar refractivity (Wildman–Crippen MR) is 93.1 cm³/mol. The smallest absolute Gasteiger partial charge is 0.261 e. The van der Waals surface area contributed by atoms with Crippen molar-refractivity contribution in [2.24, 2.45) is 5.92 Å². The van der Waals surface area contributed by atoms with Gasteiger partial charge in [-0.05, 0) is 35.8 Å². The molecule has 0 unspecified atom stereocenters. The molecule has 1 aliphatic carbocycles. The monoisotopic (exact) mass is 339 g/mol. The molecule has 0 radical (unpaired) electrons. The molecule has 6 heteroatoms. The summed E-state index contributed by atoms with van der Waals surface area (Å²) in [5.41, 5.74) is 2.11. The third-order valence-corrected chi connectivity index (χ3v) is 5.09. The Balaban J connectivity index is 1.92. The Morgan fingerprint density at radius 1 is 1.42 bits per heavy atom. The van der Waals surface area contributed by atoms with E-state index in [1.165, 1.54) is 23.4 Å². The maximum Gasteiger partial charge on any atom is 0.261 e. The van der Waals surface area contributed by atoms with Crippen LogP contribution in [0.4, 0.5) is 0 Å². The standard InChI is InChI=1S/C18H17N3O2S/c1-10-7-11-5-3-4-6-13(11)15(10)20-16(22)14-8-12(9-19)18(24-2)21-17(14)23/h3-6,8,10,15H,7H2,1-2H3,(H,20,22)(H,21,23)/t10-,15+/m0/s1. The van der Waals surface area contributed by atoms with E-state index in [0.29, 0.717) is 10.6 Å². The van der Waals surface area contributed by atoms with Crippen molar-refractivity contribution in [1.82, 2.24) is 10.3 Å². The number of H-pyrrole nitrogens is 1. The highest BCUT2D eigenvalue weighted by Crippen LogP contribution is 2.35. The van der Waals surface area contributed by atoms with Crippen molar-refractivity contribution in [2.45, 2.75) is 24.4 Å². The first kappa shape index (κ1) is 16.3. The molecule has 24 heavy (non-hydrogen) atoms. The molecule has 0 fully saturated rings. The van der Waals surface area contributed by atoms with E-state index in [1.807, 2.05) is 24.3 Å². The lowest BCUT2D eigenvalue weighted by Crippen LogP contribution is -2.34. The van der Waals surface area contributed by atoms with Crippen LogP contribution in [0.2, 0.25) is 0 Å². The summed E-state index contributed by atoms with van der Waals surface area (Å²) in [5.74, 6) is -0.194. The lowest BCUT2D eigenvalue weighted by molar-refractivity contribution is 0.0925. The first-order valence-electron chi connectivity index (χ1n) is 7.65. The number of fused-ring (bicyclic) bond motifs is 1. The van der Waals surface area contributed by atoms with E-state index in [4.69, 9.17) is 0 Å². The highest BCUT2D eigenvalue weighted by atomic mass is 32.2. The summed E-state index contributed by atoms with van der Waals surface area (Å²) in [6.45, 7) is 2.08. The quantitative estimate of drug-likeness (QED) is 0.842. The molecule has 0 aliphatic heterocycles. The maximum absolute atomic E-state index is 12.6. The topological polar surface area (TPSA) is 85.8 Å². The minimum Gasteiger partial charge on any atom is -0.345 e. The number of nitrogens with one attached hydrogen (secondary N) is 2.